The average molecular weight is 315 g/mol. The molecule has 0 amide bonds. The maximum atomic E-state index is 3.79. The molecule has 1 heteroatoms. The summed E-state index contributed by atoms with van der Waals surface area (Å²) in [5.74, 6) is 0.569. The summed E-state index contributed by atoms with van der Waals surface area (Å²) in [6.07, 6.45) is 2.25. The molecular weight excluding hydrogens is 296 g/mol. The molecule has 98 valence electrons. The van der Waals surface area contributed by atoms with Crippen LogP contribution in [0.15, 0.2) is 42.5 Å². The summed E-state index contributed by atoms with van der Waals surface area (Å²) in [4.78, 5) is 0.564. The minimum absolute atomic E-state index is 0.564. The molecule has 0 spiro atoms. The average Bonchev–Trinajstić information content (AvgIpc) is 2.83. The van der Waals surface area contributed by atoms with Crippen LogP contribution >= 0.6 is 15.9 Å². The molecule has 0 aromatic heterocycles. The van der Waals surface area contributed by atoms with Crippen LogP contribution < -0.4 is 0 Å². The fraction of sp³-hybridized carbons (Fsp3) is 0.333. The quantitative estimate of drug-likeness (QED) is 0.557. The monoisotopic (exact) mass is 314 g/mol. The Balaban J connectivity index is 1.98. The zero-order valence-corrected chi connectivity index (χ0v) is 13.1. The van der Waals surface area contributed by atoms with Crippen LogP contribution in [0.25, 0.3) is 11.1 Å². The normalized spacial score (nSPS) is 15.7. The third-order valence-electron chi connectivity index (χ3n) is 4.28. The van der Waals surface area contributed by atoms with Crippen molar-refractivity contribution < 1.29 is 0 Å². The Bertz CT molecular complexity index is 600. The predicted molar refractivity (Wildman–Crippen MR) is 86.1 cm³/mol. The van der Waals surface area contributed by atoms with E-state index in [1.165, 1.54) is 34.2 Å². The Morgan fingerprint density at radius 1 is 1.05 bits per heavy atom. The summed E-state index contributed by atoms with van der Waals surface area (Å²) in [6, 6.07) is 15.8. The second-order valence-electron chi connectivity index (χ2n) is 5.46. The molecule has 3 rings (SSSR count). The van der Waals surface area contributed by atoms with E-state index in [0.717, 1.165) is 6.42 Å². The van der Waals surface area contributed by atoms with E-state index in [0.29, 0.717) is 10.7 Å². The van der Waals surface area contributed by atoms with Crippen LogP contribution in [-0.2, 0) is 6.42 Å². The van der Waals surface area contributed by atoms with Gasteiger partial charge in [0.25, 0.3) is 0 Å². The Morgan fingerprint density at radius 3 is 2.58 bits per heavy atom. The number of fused-ring (bicyclic) bond motifs is 3. The van der Waals surface area contributed by atoms with Gasteiger partial charge in [0.1, 0.15) is 0 Å². The minimum Gasteiger partial charge on any atom is -0.0884 e. The number of hydrogen-bond acceptors (Lipinski definition) is 0. The molecule has 0 saturated heterocycles. The van der Waals surface area contributed by atoms with Crippen molar-refractivity contribution in [1.29, 1.82) is 0 Å². The largest absolute Gasteiger partial charge is 0.0884 e. The Morgan fingerprint density at radius 2 is 1.79 bits per heavy atom. The number of alkyl halides is 1. The molecule has 1 aliphatic carbocycles. The Hall–Kier alpha value is -1.08. The summed E-state index contributed by atoms with van der Waals surface area (Å²) >= 11 is 3.79. The van der Waals surface area contributed by atoms with Gasteiger partial charge in [-0.05, 0) is 46.6 Å². The van der Waals surface area contributed by atoms with Crippen molar-refractivity contribution in [3.8, 4) is 11.1 Å². The van der Waals surface area contributed by atoms with Crippen molar-refractivity contribution >= 4 is 15.9 Å². The van der Waals surface area contributed by atoms with Gasteiger partial charge >= 0.3 is 0 Å². The lowest BCUT2D eigenvalue weighted by Crippen LogP contribution is -2.07. The van der Waals surface area contributed by atoms with Crippen molar-refractivity contribution in [3.05, 3.63) is 59.2 Å². The number of benzene rings is 2. The highest BCUT2D eigenvalue weighted by Crippen LogP contribution is 2.38. The van der Waals surface area contributed by atoms with E-state index in [1.807, 2.05) is 0 Å². The van der Waals surface area contributed by atoms with Gasteiger partial charge in [-0.3, -0.25) is 0 Å². The smallest absolute Gasteiger partial charge is 0.0209 e. The van der Waals surface area contributed by atoms with Gasteiger partial charge in [0.2, 0.25) is 0 Å². The van der Waals surface area contributed by atoms with Gasteiger partial charge in [-0.25, -0.2) is 0 Å². The van der Waals surface area contributed by atoms with Crippen LogP contribution in [0.5, 0.6) is 0 Å². The lowest BCUT2D eigenvalue weighted by Gasteiger charge is -2.18. The molecule has 0 N–H and O–H groups in total. The predicted octanol–water partition coefficient (Wildman–Crippen LogP) is 5.53. The Labute approximate surface area is 124 Å². The highest BCUT2D eigenvalue weighted by molar-refractivity contribution is 9.09. The second kappa shape index (κ2) is 5.13. The molecule has 19 heavy (non-hydrogen) atoms. The fourth-order valence-electron chi connectivity index (χ4n) is 3.01. The van der Waals surface area contributed by atoms with Gasteiger partial charge in [-0.1, -0.05) is 72.2 Å². The van der Waals surface area contributed by atoms with E-state index in [1.54, 1.807) is 0 Å². The molecule has 0 radical (unpaired) electrons. The Kier molecular flexibility index (Phi) is 3.49. The summed E-state index contributed by atoms with van der Waals surface area (Å²) in [5.41, 5.74) is 7.25. The molecule has 0 aliphatic heterocycles. The zero-order valence-electron chi connectivity index (χ0n) is 11.5. The minimum atomic E-state index is 0.564. The maximum Gasteiger partial charge on any atom is 0.0209 e. The third-order valence-corrected chi connectivity index (χ3v) is 5.72. The van der Waals surface area contributed by atoms with E-state index < -0.39 is 0 Å². The molecule has 0 nitrogen and oxygen atoms in total. The van der Waals surface area contributed by atoms with Crippen LogP contribution in [0.4, 0.5) is 0 Å². The molecule has 0 bridgehead atoms. The molecule has 2 atom stereocenters. The number of hydrogen-bond donors (Lipinski definition) is 0. The highest BCUT2D eigenvalue weighted by Gasteiger charge is 2.20. The van der Waals surface area contributed by atoms with Crippen molar-refractivity contribution in [2.75, 3.05) is 0 Å². The van der Waals surface area contributed by atoms with E-state index in [-0.39, 0.29) is 0 Å². The molecular formula is C18H19Br. The molecule has 1 aliphatic rings. The summed E-state index contributed by atoms with van der Waals surface area (Å²) in [7, 11) is 0. The van der Waals surface area contributed by atoms with Gasteiger partial charge in [0.05, 0.1) is 0 Å². The number of halogens is 1. The molecule has 2 aromatic rings. The third kappa shape index (κ3) is 2.25. The molecule has 2 unspecified atom stereocenters. The van der Waals surface area contributed by atoms with Gasteiger partial charge in [0.15, 0.2) is 0 Å². The standard InChI is InChI=1S/C18H19Br/c1-3-18(19)12(2)13-8-9-17-15(10-13)11-14-6-4-5-7-16(14)17/h4-10,12,18H,3,11H2,1-2H3. The van der Waals surface area contributed by atoms with Crippen molar-refractivity contribution in [3.63, 3.8) is 0 Å². The van der Waals surface area contributed by atoms with Crippen LogP contribution in [-0.4, -0.2) is 4.83 Å². The first-order chi connectivity index (χ1) is 9.20. The lowest BCUT2D eigenvalue weighted by atomic mass is 9.93. The zero-order chi connectivity index (χ0) is 13.4. The van der Waals surface area contributed by atoms with Crippen LogP contribution in [0.2, 0.25) is 0 Å². The lowest BCUT2D eigenvalue weighted by molar-refractivity contribution is 0.693. The molecule has 0 saturated carbocycles. The van der Waals surface area contributed by atoms with Gasteiger partial charge in [0, 0.05) is 4.83 Å². The van der Waals surface area contributed by atoms with E-state index in [2.05, 4.69) is 72.2 Å². The summed E-state index contributed by atoms with van der Waals surface area (Å²) in [5, 5.41) is 0. The second-order valence-corrected chi connectivity index (χ2v) is 6.64. The number of rotatable bonds is 3. The van der Waals surface area contributed by atoms with Gasteiger partial charge in [-0.2, -0.15) is 0 Å². The highest BCUT2D eigenvalue weighted by atomic mass is 79.9. The topological polar surface area (TPSA) is 0 Å². The molecule has 0 fully saturated rings. The van der Waals surface area contributed by atoms with Crippen LogP contribution in [0, 0.1) is 0 Å². The van der Waals surface area contributed by atoms with Crippen LogP contribution in [0.3, 0.4) is 0 Å². The molecule has 0 heterocycles. The summed E-state index contributed by atoms with van der Waals surface area (Å²) < 4.78 is 0. The van der Waals surface area contributed by atoms with Crippen molar-refractivity contribution in [2.24, 2.45) is 0 Å². The maximum absolute atomic E-state index is 3.79. The van der Waals surface area contributed by atoms with E-state index >= 15 is 0 Å². The first-order valence-electron chi connectivity index (χ1n) is 7.06. The van der Waals surface area contributed by atoms with Crippen LogP contribution in [0.1, 0.15) is 42.9 Å². The van der Waals surface area contributed by atoms with Crippen molar-refractivity contribution in [1.82, 2.24) is 0 Å². The van der Waals surface area contributed by atoms with E-state index in [9.17, 15) is 0 Å². The SMILES string of the molecule is CCC(Br)C(C)c1ccc2c(c1)Cc1ccccc1-2. The summed E-state index contributed by atoms with van der Waals surface area (Å²) in [6.45, 7) is 4.55. The van der Waals surface area contributed by atoms with Gasteiger partial charge < -0.3 is 0 Å². The fourth-order valence-corrected chi connectivity index (χ4v) is 3.32. The molecule has 2 aromatic carbocycles. The first-order valence-corrected chi connectivity index (χ1v) is 7.97. The van der Waals surface area contributed by atoms with Crippen molar-refractivity contribution in [2.45, 2.75) is 37.4 Å². The first kappa shape index (κ1) is 12.9. The van der Waals surface area contributed by atoms with Gasteiger partial charge in [-0.15, -0.1) is 0 Å². The van der Waals surface area contributed by atoms with E-state index in [4.69, 9.17) is 0 Å².